The van der Waals surface area contributed by atoms with Crippen LogP contribution >= 0.6 is 0 Å². The zero-order valence-electron chi connectivity index (χ0n) is 14.7. The summed E-state index contributed by atoms with van der Waals surface area (Å²) >= 11 is 0. The molecule has 0 aliphatic heterocycles. The Kier molecular flexibility index (Phi) is 6.00. The van der Waals surface area contributed by atoms with Gasteiger partial charge >= 0.3 is 6.03 Å². The van der Waals surface area contributed by atoms with Gasteiger partial charge in [0.05, 0.1) is 12.1 Å². The van der Waals surface area contributed by atoms with Crippen molar-refractivity contribution >= 4 is 6.03 Å². The first-order chi connectivity index (χ1) is 10.0. The molecule has 0 aromatic heterocycles. The van der Waals surface area contributed by atoms with Crippen LogP contribution in [0.2, 0.25) is 0 Å². The van der Waals surface area contributed by atoms with Crippen LogP contribution < -0.4 is 5.32 Å². The van der Waals surface area contributed by atoms with Gasteiger partial charge in [0, 0.05) is 13.1 Å². The van der Waals surface area contributed by atoms with E-state index in [1.165, 1.54) is 10.5 Å². The van der Waals surface area contributed by atoms with Crippen LogP contribution in [-0.4, -0.2) is 41.3 Å². The molecule has 2 amide bonds. The second kappa shape index (κ2) is 7.14. The van der Waals surface area contributed by atoms with Gasteiger partial charge in [-0.2, -0.15) is 0 Å². The quantitative estimate of drug-likeness (QED) is 0.848. The smallest absolute Gasteiger partial charge is 0.317 e. The van der Waals surface area contributed by atoms with E-state index in [-0.39, 0.29) is 17.5 Å². The molecule has 0 radical (unpaired) electrons. The molecule has 0 spiro atoms. The molecule has 0 aliphatic carbocycles. The summed E-state index contributed by atoms with van der Waals surface area (Å²) in [6.07, 6.45) is 0.846. The Labute approximate surface area is 134 Å². The van der Waals surface area contributed by atoms with Crippen molar-refractivity contribution in [3.63, 3.8) is 0 Å². The van der Waals surface area contributed by atoms with Gasteiger partial charge < -0.3 is 15.3 Å². The Morgan fingerprint density at radius 3 is 2.27 bits per heavy atom. The normalized spacial score (nSPS) is 13.6. The minimum atomic E-state index is -0.890. The minimum absolute atomic E-state index is 0.0111. The maximum Gasteiger partial charge on any atom is 0.317 e. The van der Waals surface area contributed by atoms with Gasteiger partial charge in [-0.05, 0) is 38.2 Å². The summed E-state index contributed by atoms with van der Waals surface area (Å²) in [5.41, 5.74) is 0.363. The number of rotatable bonds is 6. The van der Waals surface area contributed by atoms with Crippen molar-refractivity contribution in [3.8, 4) is 0 Å². The predicted molar refractivity (Wildman–Crippen MR) is 91.0 cm³/mol. The summed E-state index contributed by atoms with van der Waals surface area (Å²) in [6, 6.07) is 10.2. The average molecular weight is 306 g/mol. The maximum absolute atomic E-state index is 12.2. The summed E-state index contributed by atoms with van der Waals surface area (Å²) in [7, 11) is 1.70. The third-order valence-electron chi connectivity index (χ3n) is 3.71. The molecule has 0 fully saturated rings. The van der Waals surface area contributed by atoms with E-state index < -0.39 is 5.60 Å². The van der Waals surface area contributed by atoms with Crippen LogP contribution in [0.3, 0.4) is 0 Å². The fraction of sp³-hybridized carbons (Fsp3) is 0.611. The number of amides is 2. The highest BCUT2D eigenvalue weighted by molar-refractivity contribution is 5.74. The molecule has 0 saturated carbocycles. The standard InChI is InChI=1S/C18H30N2O2/c1-14(19-16(21)20(6)13-18(4,5)22)12-17(2,3)15-10-8-7-9-11-15/h7-11,14,22H,12-13H2,1-6H3,(H,19,21). The van der Waals surface area contributed by atoms with Crippen LogP contribution in [0.5, 0.6) is 0 Å². The highest BCUT2D eigenvalue weighted by Crippen LogP contribution is 2.28. The molecule has 1 aromatic rings. The van der Waals surface area contributed by atoms with E-state index in [4.69, 9.17) is 0 Å². The van der Waals surface area contributed by atoms with Crippen LogP contribution in [0.25, 0.3) is 0 Å². The van der Waals surface area contributed by atoms with E-state index in [1.54, 1.807) is 20.9 Å². The van der Waals surface area contributed by atoms with Crippen molar-refractivity contribution in [2.45, 2.75) is 58.1 Å². The zero-order chi connectivity index (χ0) is 17.0. The number of likely N-dealkylation sites (N-methyl/N-ethyl adjacent to an activating group) is 1. The molecule has 4 nitrogen and oxygen atoms in total. The van der Waals surface area contributed by atoms with E-state index in [0.29, 0.717) is 6.54 Å². The minimum Gasteiger partial charge on any atom is -0.389 e. The largest absolute Gasteiger partial charge is 0.389 e. The first kappa shape index (κ1) is 18.5. The van der Waals surface area contributed by atoms with Crippen molar-refractivity contribution in [2.24, 2.45) is 0 Å². The highest BCUT2D eigenvalue weighted by atomic mass is 16.3. The topological polar surface area (TPSA) is 52.6 Å². The second-order valence-electron chi connectivity index (χ2n) is 7.47. The molecule has 2 N–H and O–H groups in total. The molecule has 1 aromatic carbocycles. The molecule has 1 rings (SSSR count). The summed E-state index contributed by atoms with van der Waals surface area (Å²) in [6.45, 7) is 10.1. The number of nitrogens with zero attached hydrogens (tertiary/aromatic N) is 1. The molecular formula is C18H30N2O2. The third kappa shape index (κ3) is 6.06. The Morgan fingerprint density at radius 1 is 1.23 bits per heavy atom. The van der Waals surface area contributed by atoms with Crippen molar-refractivity contribution in [2.75, 3.05) is 13.6 Å². The van der Waals surface area contributed by atoms with Gasteiger partial charge in [0.25, 0.3) is 0 Å². The van der Waals surface area contributed by atoms with Crippen molar-refractivity contribution in [1.29, 1.82) is 0 Å². The van der Waals surface area contributed by atoms with E-state index in [2.05, 4.69) is 31.3 Å². The second-order valence-corrected chi connectivity index (χ2v) is 7.47. The van der Waals surface area contributed by atoms with Gasteiger partial charge in [-0.3, -0.25) is 0 Å². The third-order valence-corrected chi connectivity index (χ3v) is 3.71. The lowest BCUT2D eigenvalue weighted by Crippen LogP contribution is -2.48. The Bertz CT molecular complexity index is 478. The molecule has 0 aliphatic rings. The van der Waals surface area contributed by atoms with Crippen LogP contribution in [0.4, 0.5) is 4.79 Å². The van der Waals surface area contributed by atoms with E-state index in [0.717, 1.165) is 6.42 Å². The lowest BCUT2D eigenvalue weighted by Gasteiger charge is -2.31. The van der Waals surface area contributed by atoms with Crippen LogP contribution in [0, 0.1) is 0 Å². The fourth-order valence-corrected chi connectivity index (χ4v) is 2.80. The monoisotopic (exact) mass is 306 g/mol. The average Bonchev–Trinajstić information content (AvgIpc) is 2.36. The van der Waals surface area contributed by atoms with Gasteiger partial charge in [-0.15, -0.1) is 0 Å². The molecule has 124 valence electrons. The van der Waals surface area contributed by atoms with Crippen LogP contribution in [0.1, 0.15) is 46.6 Å². The summed E-state index contributed by atoms with van der Waals surface area (Å²) in [4.78, 5) is 13.7. The number of nitrogens with one attached hydrogen (secondary N) is 1. The summed E-state index contributed by atoms with van der Waals surface area (Å²) in [5, 5.41) is 12.8. The van der Waals surface area contributed by atoms with Gasteiger partial charge in [-0.25, -0.2) is 4.79 Å². The lowest BCUT2D eigenvalue weighted by molar-refractivity contribution is 0.0527. The van der Waals surface area contributed by atoms with Crippen LogP contribution in [0.15, 0.2) is 30.3 Å². The predicted octanol–water partition coefficient (Wildman–Crippen LogP) is 3.16. The molecule has 4 heteroatoms. The Morgan fingerprint density at radius 2 is 1.77 bits per heavy atom. The van der Waals surface area contributed by atoms with E-state index in [1.807, 2.05) is 25.1 Å². The summed E-state index contributed by atoms with van der Waals surface area (Å²) < 4.78 is 0. The number of carbonyl (C=O) groups excluding carboxylic acids is 1. The number of hydrogen-bond donors (Lipinski definition) is 2. The van der Waals surface area contributed by atoms with E-state index >= 15 is 0 Å². The van der Waals surface area contributed by atoms with Gasteiger partial charge in [0.1, 0.15) is 0 Å². The molecule has 1 unspecified atom stereocenters. The highest BCUT2D eigenvalue weighted by Gasteiger charge is 2.25. The molecular weight excluding hydrogens is 276 g/mol. The Balaban J connectivity index is 2.59. The number of hydrogen-bond acceptors (Lipinski definition) is 2. The van der Waals surface area contributed by atoms with E-state index in [9.17, 15) is 9.90 Å². The number of benzene rings is 1. The fourth-order valence-electron chi connectivity index (χ4n) is 2.80. The Hall–Kier alpha value is -1.55. The van der Waals surface area contributed by atoms with Crippen molar-refractivity contribution in [1.82, 2.24) is 10.2 Å². The van der Waals surface area contributed by atoms with Gasteiger partial charge in [0.15, 0.2) is 0 Å². The van der Waals surface area contributed by atoms with Crippen LogP contribution in [-0.2, 0) is 5.41 Å². The van der Waals surface area contributed by atoms with Gasteiger partial charge in [0.2, 0.25) is 0 Å². The number of urea groups is 1. The summed E-state index contributed by atoms with van der Waals surface area (Å²) in [5.74, 6) is 0. The first-order valence-corrected chi connectivity index (χ1v) is 7.81. The molecule has 0 bridgehead atoms. The molecule has 1 atom stereocenters. The first-order valence-electron chi connectivity index (χ1n) is 7.81. The zero-order valence-corrected chi connectivity index (χ0v) is 14.7. The molecule has 0 saturated heterocycles. The SMILES string of the molecule is CC(CC(C)(C)c1ccccc1)NC(=O)N(C)CC(C)(C)O. The molecule has 0 heterocycles. The van der Waals surface area contributed by atoms with Crippen molar-refractivity contribution in [3.05, 3.63) is 35.9 Å². The van der Waals surface area contributed by atoms with Crippen molar-refractivity contribution < 1.29 is 9.90 Å². The van der Waals surface area contributed by atoms with Gasteiger partial charge in [-0.1, -0.05) is 44.2 Å². The molecule has 22 heavy (non-hydrogen) atoms. The lowest BCUT2D eigenvalue weighted by atomic mass is 9.79. The maximum atomic E-state index is 12.2. The number of aliphatic hydroxyl groups is 1. The number of carbonyl (C=O) groups is 1.